The third-order valence-electron chi connectivity index (χ3n) is 3.18. The molecule has 3 nitrogen and oxygen atoms in total. The first-order chi connectivity index (χ1) is 9.07. The van der Waals surface area contributed by atoms with E-state index in [1.54, 1.807) is 11.8 Å². The van der Waals surface area contributed by atoms with Crippen molar-refractivity contribution >= 4 is 17.4 Å². The van der Waals surface area contributed by atoms with Crippen LogP contribution in [-0.4, -0.2) is 31.1 Å². The summed E-state index contributed by atoms with van der Waals surface area (Å²) >= 11 is 1.72. The Morgan fingerprint density at radius 1 is 1.47 bits per heavy atom. The van der Waals surface area contributed by atoms with Gasteiger partial charge in [0.2, 0.25) is 0 Å². The van der Waals surface area contributed by atoms with Gasteiger partial charge in [0.05, 0.1) is 23.5 Å². The van der Waals surface area contributed by atoms with Gasteiger partial charge in [0, 0.05) is 18.0 Å². The van der Waals surface area contributed by atoms with Crippen molar-refractivity contribution in [3.8, 4) is 6.07 Å². The number of nitriles is 1. The maximum atomic E-state index is 9.47. The molecule has 2 rings (SSSR count). The number of ether oxygens (including phenoxy) is 1. The average molecular weight is 276 g/mol. The van der Waals surface area contributed by atoms with Gasteiger partial charge in [-0.05, 0) is 31.7 Å². The second-order valence-corrected chi connectivity index (χ2v) is 6.53. The summed E-state index contributed by atoms with van der Waals surface area (Å²) in [7, 11) is 0. The molecule has 0 bridgehead atoms. The van der Waals surface area contributed by atoms with Crippen LogP contribution in [0, 0.1) is 11.3 Å². The average Bonchev–Trinajstić information content (AvgIpc) is 2.37. The highest BCUT2D eigenvalue weighted by Crippen LogP contribution is 2.32. The lowest BCUT2D eigenvalue weighted by molar-refractivity contribution is -0.0277. The lowest BCUT2D eigenvalue weighted by Gasteiger charge is -2.39. The van der Waals surface area contributed by atoms with Gasteiger partial charge < -0.3 is 9.64 Å². The van der Waals surface area contributed by atoms with Gasteiger partial charge >= 0.3 is 0 Å². The summed E-state index contributed by atoms with van der Waals surface area (Å²) in [6.45, 7) is 8.67. The maximum Gasteiger partial charge on any atom is 0.103 e. The van der Waals surface area contributed by atoms with Crippen LogP contribution in [0.2, 0.25) is 0 Å². The third-order valence-corrected chi connectivity index (χ3v) is 4.12. The fourth-order valence-electron chi connectivity index (χ4n) is 2.39. The van der Waals surface area contributed by atoms with Crippen molar-refractivity contribution in [3.63, 3.8) is 0 Å². The molecule has 0 N–H and O–H groups in total. The van der Waals surface area contributed by atoms with E-state index in [2.05, 4.69) is 31.7 Å². The molecule has 0 aromatic heterocycles. The second-order valence-electron chi connectivity index (χ2n) is 5.22. The van der Waals surface area contributed by atoms with E-state index in [-0.39, 0.29) is 5.60 Å². The van der Waals surface area contributed by atoms with Crippen molar-refractivity contribution in [2.75, 3.05) is 30.3 Å². The Morgan fingerprint density at radius 2 is 2.26 bits per heavy atom. The summed E-state index contributed by atoms with van der Waals surface area (Å²) < 4.78 is 5.74. The topological polar surface area (TPSA) is 36.3 Å². The summed E-state index contributed by atoms with van der Waals surface area (Å²) in [6, 6.07) is 8.48. The molecule has 0 saturated carbocycles. The van der Waals surface area contributed by atoms with Gasteiger partial charge in [-0.1, -0.05) is 13.0 Å². The second kappa shape index (κ2) is 5.85. The van der Waals surface area contributed by atoms with Crippen LogP contribution in [-0.2, 0) is 4.74 Å². The molecule has 1 saturated heterocycles. The number of benzene rings is 1. The molecule has 4 heteroatoms. The van der Waals surface area contributed by atoms with Gasteiger partial charge in [-0.3, -0.25) is 0 Å². The normalized spacial score (nSPS) is 18.1. The van der Waals surface area contributed by atoms with E-state index in [1.165, 1.54) is 0 Å². The first-order valence-electron chi connectivity index (χ1n) is 6.62. The minimum Gasteiger partial charge on any atom is -0.372 e. The summed E-state index contributed by atoms with van der Waals surface area (Å²) in [4.78, 5) is 3.34. The number of hydrogen-bond donors (Lipinski definition) is 0. The van der Waals surface area contributed by atoms with Crippen molar-refractivity contribution in [2.45, 2.75) is 31.3 Å². The van der Waals surface area contributed by atoms with Gasteiger partial charge in [0.15, 0.2) is 0 Å². The van der Waals surface area contributed by atoms with Crippen LogP contribution < -0.4 is 4.90 Å². The summed E-state index contributed by atoms with van der Waals surface area (Å²) in [6.07, 6.45) is 0. The number of thioether (sulfide) groups is 1. The number of morpholine rings is 1. The van der Waals surface area contributed by atoms with Crippen LogP contribution in [0.3, 0.4) is 0 Å². The van der Waals surface area contributed by atoms with Gasteiger partial charge in [-0.2, -0.15) is 5.26 Å². The standard InChI is InChI=1S/C15H20N2OS/c1-4-19-14-7-5-6-13(12(14)10-16)17-8-9-18-15(2,3)11-17/h5-7H,4,8-9,11H2,1-3H3. The van der Waals surface area contributed by atoms with E-state index in [0.29, 0.717) is 6.61 Å². The third kappa shape index (κ3) is 3.23. The number of rotatable bonds is 3. The molecule has 1 fully saturated rings. The maximum absolute atomic E-state index is 9.47. The van der Waals surface area contributed by atoms with Gasteiger partial charge in [0.1, 0.15) is 6.07 Å². The molecule has 0 unspecified atom stereocenters. The predicted molar refractivity (Wildman–Crippen MR) is 79.8 cm³/mol. The van der Waals surface area contributed by atoms with Crippen LogP contribution in [0.5, 0.6) is 0 Å². The zero-order valence-electron chi connectivity index (χ0n) is 11.8. The molecule has 0 aliphatic carbocycles. The summed E-state index contributed by atoms with van der Waals surface area (Å²) in [5, 5.41) is 9.47. The van der Waals surface area contributed by atoms with Crippen molar-refractivity contribution < 1.29 is 4.74 Å². The predicted octanol–water partition coefficient (Wildman–Crippen LogP) is 3.29. The highest BCUT2D eigenvalue weighted by Gasteiger charge is 2.28. The fraction of sp³-hybridized carbons (Fsp3) is 0.533. The number of hydrogen-bond acceptors (Lipinski definition) is 4. The Kier molecular flexibility index (Phi) is 4.38. The van der Waals surface area contributed by atoms with Crippen LogP contribution >= 0.6 is 11.8 Å². The van der Waals surface area contributed by atoms with Crippen molar-refractivity contribution in [3.05, 3.63) is 23.8 Å². The SMILES string of the molecule is CCSc1cccc(N2CCOC(C)(C)C2)c1C#N. The van der Waals surface area contributed by atoms with Crippen LogP contribution in [0.1, 0.15) is 26.3 Å². The zero-order chi connectivity index (χ0) is 13.9. The van der Waals surface area contributed by atoms with E-state index < -0.39 is 0 Å². The zero-order valence-corrected chi connectivity index (χ0v) is 12.6. The fourth-order valence-corrected chi connectivity index (χ4v) is 3.17. The highest BCUT2D eigenvalue weighted by molar-refractivity contribution is 7.99. The Hall–Kier alpha value is -1.18. The number of anilines is 1. The largest absolute Gasteiger partial charge is 0.372 e. The minimum atomic E-state index is -0.154. The molecule has 0 amide bonds. The van der Waals surface area contributed by atoms with Gasteiger partial charge in [-0.25, -0.2) is 0 Å². The molecule has 1 aromatic carbocycles. The van der Waals surface area contributed by atoms with Crippen molar-refractivity contribution in [2.24, 2.45) is 0 Å². The molecule has 1 aromatic rings. The molecule has 19 heavy (non-hydrogen) atoms. The Bertz CT molecular complexity index is 493. The van der Waals surface area contributed by atoms with Gasteiger partial charge in [-0.15, -0.1) is 11.8 Å². The van der Waals surface area contributed by atoms with E-state index in [1.807, 2.05) is 18.2 Å². The molecule has 1 heterocycles. The van der Waals surface area contributed by atoms with Crippen LogP contribution in [0.4, 0.5) is 5.69 Å². The van der Waals surface area contributed by atoms with E-state index in [9.17, 15) is 5.26 Å². The first kappa shape index (κ1) is 14.2. The highest BCUT2D eigenvalue weighted by atomic mass is 32.2. The smallest absolute Gasteiger partial charge is 0.103 e. The molecule has 1 aliphatic heterocycles. The van der Waals surface area contributed by atoms with E-state index in [0.717, 1.165) is 35.0 Å². The Morgan fingerprint density at radius 3 is 2.89 bits per heavy atom. The molecule has 0 radical (unpaired) electrons. The molecular weight excluding hydrogens is 256 g/mol. The molecule has 0 spiro atoms. The molecule has 102 valence electrons. The molecular formula is C15H20N2OS. The Labute approximate surface area is 119 Å². The number of nitrogens with zero attached hydrogens (tertiary/aromatic N) is 2. The first-order valence-corrected chi connectivity index (χ1v) is 7.61. The lowest BCUT2D eigenvalue weighted by atomic mass is 10.1. The van der Waals surface area contributed by atoms with Gasteiger partial charge in [0.25, 0.3) is 0 Å². The Balaban J connectivity index is 2.34. The monoisotopic (exact) mass is 276 g/mol. The quantitative estimate of drug-likeness (QED) is 0.794. The summed E-state index contributed by atoms with van der Waals surface area (Å²) in [5.41, 5.74) is 1.68. The van der Waals surface area contributed by atoms with Crippen molar-refractivity contribution in [1.82, 2.24) is 0 Å². The van der Waals surface area contributed by atoms with Crippen molar-refractivity contribution in [1.29, 1.82) is 5.26 Å². The minimum absolute atomic E-state index is 0.154. The molecule has 0 atom stereocenters. The summed E-state index contributed by atoms with van der Waals surface area (Å²) in [5.74, 6) is 0.979. The van der Waals surface area contributed by atoms with E-state index in [4.69, 9.17) is 4.74 Å². The van der Waals surface area contributed by atoms with Crippen LogP contribution in [0.15, 0.2) is 23.1 Å². The molecule has 1 aliphatic rings. The lowest BCUT2D eigenvalue weighted by Crippen LogP contribution is -2.48. The van der Waals surface area contributed by atoms with E-state index >= 15 is 0 Å². The van der Waals surface area contributed by atoms with Crippen LogP contribution in [0.25, 0.3) is 0 Å².